The van der Waals surface area contributed by atoms with Crippen molar-refractivity contribution in [3.63, 3.8) is 0 Å². The third-order valence-electron chi connectivity index (χ3n) is 2.93. The highest BCUT2D eigenvalue weighted by molar-refractivity contribution is 5.77. The smallest absolute Gasteiger partial charge is 0.327 e. The normalized spacial score (nSPS) is 12.4. The van der Waals surface area contributed by atoms with Gasteiger partial charge in [0.05, 0.1) is 19.8 Å². The van der Waals surface area contributed by atoms with Gasteiger partial charge < -0.3 is 14.4 Å². The minimum Gasteiger partial charge on any atom is -0.465 e. The first-order valence-electron chi connectivity index (χ1n) is 7.32. The van der Waals surface area contributed by atoms with Gasteiger partial charge in [-0.15, -0.1) is 0 Å². The van der Waals surface area contributed by atoms with Crippen molar-refractivity contribution in [3.05, 3.63) is 35.9 Å². The molecule has 1 aromatic rings. The predicted octanol–water partition coefficient (Wildman–Crippen LogP) is 1.46. The van der Waals surface area contributed by atoms with Crippen LogP contribution in [0.1, 0.15) is 18.5 Å². The molecule has 0 bridgehead atoms. The van der Waals surface area contributed by atoms with E-state index >= 15 is 0 Å². The van der Waals surface area contributed by atoms with Crippen LogP contribution in [0, 0.1) is 0 Å². The molecule has 0 aromatic heterocycles. The number of rotatable bonds is 10. The van der Waals surface area contributed by atoms with Crippen molar-refractivity contribution < 1.29 is 14.3 Å². The summed E-state index contributed by atoms with van der Waals surface area (Å²) in [4.78, 5) is 14.1. The Morgan fingerprint density at radius 2 is 1.95 bits per heavy atom. The molecule has 21 heavy (non-hydrogen) atoms. The van der Waals surface area contributed by atoms with Gasteiger partial charge in [-0.2, -0.15) is 0 Å². The van der Waals surface area contributed by atoms with Crippen molar-refractivity contribution in [2.75, 3.05) is 47.0 Å². The summed E-state index contributed by atoms with van der Waals surface area (Å²) in [5, 5.41) is 3.20. The number of esters is 1. The molecule has 1 rings (SSSR count). The minimum atomic E-state index is -0.441. The number of nitrogens with one attached hydrogen (secondary N) is 1. The second-order valence-corrected chi connectivity index (χ2v) is 4.97. The van der Waals surface area contributed by atoms with Gasteiger partial charge in [0.15, 0.2) is 0 Å². The van der Waals surface area contributed by atoms with Gasteiger partial charge in [-0.3, -0.25) is 5.32 Å². The zero-order chi connectivity index (χ0) is 15.5. The fraction of sp³-hybridized carbons (Fsp3) is 0.562. The Kier molecular flexibility index (Phi) is 8.66. The maximum absolute atomic E-state index is 12.0. The van der Waals surface area contributed by atoms with Crippen molar-refractivity contribution in [1.82, 2.24) is 10.2 Å². The van der Waals surface area contributed by atoms with Gasteiger partial charge in [-0.1, -0.05) is 30.3 Å². The van der Waals surface area contributed by atoms with Crippen molar-refractivity contribution in [2.24, 2.45) is 0 Å². The third kappa shape index (κ3) is 7.22. The Bertz CT molecular complexity index is 396. The van der Waals surface area contributed by atoms with Crippen LogP contribution in [0.5, 0.6) is 0 Å². The van der Waals surface area contributed by atoms with Gasteiger partial charge in [0, 0.05) is 13.1 Å². The van der Waals surface area contributed by atoms with Crippen LogP contribution >= 0.6 is 0 Å². The molecular weight excluding hydrogens is 268 g/mol. The van der Waals surface area contributed by atoms with E-state index in [-0.39, 0.29) is 5.97 Å². The summed E-state index contributed by atoms with van der Waals surface area (Å²) in [7, 11) is 4.02. The van der Waals surface area contributed by atoms with E-state index in [9.17, 15) is 4.79 Å². The van der Waals surface area contributed by atoms with Crippen LogP contribution in [0.4, 0.5) is 0 Å². The van der Waals surface area contributed by atoms with E-state index < -0.39 is 6.04 Å². The Morgan fingerprint density at radius 1 is 1.24 bits per heavy atom. The predicted molar refractivity (Wildman–Crippen MR) is 83.2 cm³/mol. The summed E-state index contributed by atoms with van der Waals surface area (Å²) in [5.74, 6) is -0.253. The lowest BCUT2D eigenvalue weighted by Gasteiger charge is -2.18. The zero-order valence-electron chi connectivity index (χ0n) is 13.2. The van der Waals surface area contributed by atoms with Crippen LogP contribution in [0.15, 0.2) is 30.3 Å². The molecule has 5 heteroatoms. The fourth-order valence-corrected chi connectivity index (χ4v) is 1.83. The van der Waals surface area contributed by atoms with E-state index in [0.29, 0.717) is 26.4 Å². The Morgan fingerprint density at radius 3 is 2.57 bits per heavy atom. The van der Waals surface area contributed by atoms with E-state index in [2.05, 4.69) is 10.2 Å². The van der Waals surface area contributed by atoms with E-state index in [1.807, 2.05) is 51.4 Å². The molecule has 0 amide bonds. The maximum atomic E-state index is 12.0. The van der Waals surface area contributed by atoms with Crippen molar-refractivity contribution in [2.45, 2.75) is 13.0 Å². The number of hydrogen-bond acceptors (Lipinski definition) is 5. The topological polar surface area (TPSA) is 50.8 Å². The van der Waals surface area contributed by atoms with Gasteiger partial charge >= 0.3 is 5.97 Å². The number of benzene rings is 1. The second-order valence-electron chi connectivity index (χ2n) is 4.97. The number of carbonyl (C=O) groups excluding carboxylic acids is 1. The molecule has 0 fully saturated rings. The lowest BCUT2D eigenvalue weighted by molar-refractivity contribution is -0.145. The molecule has 0 aliphatic rings. The van der Waals surface area contributed by atoms with Gasteiger partial charge in [-0.25, -0.2) is 4.79 Å². The number of carbonyl (C=O) groups is 1. The van der Waals surface area contributed by atoms with E-state index in [1.54, 1.807) is 0 Å². The highest BCUT2D eigenvalue weighted by Gasteiger charge is 2.20. The third-order valence-corrected chi connectivity index (χ3v) is 2.93. The molecule has 1 N–H and O–H groups in total. The molecule has 0 saturated heterocycles. The lowest BCUT2D eigenvalue weighted by Crippen LogP contribution is -2.33. The summed E-state index contributed by atoms with van der Waals surface area (Å²) in [6.07, 6.45) is 0. The molecule has 0 aliphatic carbocycles. The average Bonchev–Trinajstić information content (AvgIpc) is 2.47. The van der Waals surface area contributed by atoms with Crippen molar-refractivity contribution in [1.29, 1.82) is 0 Å². The lowest BCUT2D eigenvalue weighted by atomic mass is 10.1. The van der Waals surface area contributed by atoms with Crippen LogP contribution in [0.25, 0.3) is 0 Å². The van der Waals surface area contributed by atoms with Crippen molar-refractivity contribution in [3.8, 4) is 0 Å². The van der Waals surface area contributed by atoms with E-state index in [4.69, 9.17) is 9.47 Å². The molecular formula is C16H26N2O3. The molecule has 0 saturated carbocycles. The SMILES string of the molecule is CCOC(=O)C(NCCOCCN(C)C)c1ccccc1. The molecule has 1 aromatic carbocycles. The first-order valence-corrected chi connectivity index (χ1v) is 7.32. The number of ether oxygens (including phenoxy) is 2. The summed E-state index contributed by atoms with van der Waals surface area (Å²) in [5.41, 5.74) is 0.907. The Balaban J connectivity index is 2.42. The molecule has 0 heterocycles. The van der Waals surface area contributed by atoms with Gasteiger partial charge in [0.2, 0.25) is 0 Å². The van der Waals surface area contributed by atoms with E-state index in [1.165, 1.54) is 0 Å². The van der Waals surface area contributed by atoms with Crippen LogP contribution < -0.4 is 5.32 Å². The Hall–Kier alpha value is -1.43. The first-order chi connectivity index (χ1) is 10.1. The average molecular weight is 294 g/mol. The highest BCUT2D eigenvalue weighted by atomic mass is 16.5. The van der Waals surface area contributed by atoms with Crippen LogP contribution in [-0.2, 0) is 14.3 Å². The highest BCUT2D eigenvalue weighted by Crippen LogP contribution is 2.14. The minimum absolute atomic E-state index is 0.253. The first kappa shape index (κ1) is 17.6. The van der Waals surface area contributed by atoms with E-state index in [0.717, 1.165) is 12.1 Å². The molecule has 0 aliphatic heterocycles. The van der Waals surface area contributed by atoms with Gasteiger partial charge in [-0.05, 0) is 26.6 Å². The summed E-state index contributed by atoms with van der Waals surface area (Å²) in [6, 6.07) is 9.15. The molecule has 0 radical (unpaired) electrons. The molecule has 5 nitrogen and oxygen atoms in total. The quantitative estimate of drug-likeness (QED) is 0.523. The monoisotopic (exact) mass is 294 g/mol. The summed E-state index contributed by atoms with van der Waals surface area (Å²) in [6.45, 7) is 4.93. The Labute approximate surface area is 127 Å². The largest absolute Gasteiger partial charge is 0.465 e. The summed E-state index contributed by atoms with van der Waals surface area (Å²) >= 11 is 0. The van der Waals surface area contributed by atoms with Crippen LogP contribution in [0.2, 0.25) is 0 Å². The summed E-state index contributed by atoms with van der Waals surface area (Å²) < 4.78 is 10.6. The van der Waals surface area contributed by atoms with Gasteiger partial charge in [0.1, 0.15) is 6.04 Å². The zero-order valence-corrected chi connectivity index (χ0v) is 13.2. The maximum Gasteiger partial charge on any atom is 0.327 e. The van der Waals surface area contributed by atoms with Crippen LogP contribution in [0.3, 0.4) is 0 Å². The number of nitrogens with zero attached hydrogens (tertiary/aromatic N) is 1. The number of likely N-dealkylation sites (N-methyl/N-ethyl adjacent to an activating group) is 1. The molecule has 1 unspecified atom stereocenters. The number of hydrogen-bond donors (Lipinski definition) is 1. The standard InChI is InChI=1S/C16H26N2O3/c1-4-21-16(19)15(14-8-6-5-7-9-14)17-10-12-20-13-11-18(2)3/h5-9,15,17H,4,10-13H2,1-3H3. The van der Waals surface area contributed by atoms with Crippen molar-refractivity contribution >= 4 is 5.97 Å². The fourth-order valence-electron chi connectivity index (χ4n) is 1.83. The van der Waals surface area contributed by atoms with Gasteiger partial charge in [0.25, 0.3) is 0 Å². The molecule has 118 valence electrons. The van der Waals surface area contributed by atoms with Crippen LogP contribution in [-0.4, -0.2) is 57.9 Å². The second kappa shape index (κ2) is 10.3. The molecule has 1 atom stereocenters. The molecule has 0 spiro atoms.